The summed E-state index contributed by atoms with van der Waals surface area (Å²) in [6, 6.07) is 0. The van der Waals surface area contributed by atoms with Crippen LogP contribution in [0.15, 0.2) is 0 Å². The Morgan fingerprint density at radius 2 is 2.10 bits per heavy atom. The molecule has 0 unspecified atom stereocenters. The molecule has 5 heteroatoms. The van der Waals surface area contributed by atoms with E-state index < -0.39 is 6.10 Å². The van der Waals surface area contributed by atoms with E-state index in [0.29, 0.717) is 19.3 Å². The molecule has 0 aliphatic carbocycles. The van der Waals surface area contributed by atoms with Crippen LogP contribution in [0.5, 0.6) is 0 Å². The molecule has 3 saturated heterocycles. The molecule has 3 aliphatic rings. The second-order valence-corrected chi connectivity index (χ2v) is 6.55. The molecular weight excluding hydrogens is 260 g/mol. The summed E-state index contributed by atoms with van der Waals surface area (Å²) in [7, 11) is 0. The van der Waals surface area contributed by atoms with E-state index in [1.807, 2.05) is 0 Å². The summed E-state index contributed by atoms with van der Waals surface area (Å²) < 4.78 is 18.2. The highest BCUT2D eigenvalue weighted by molar-refractivity contribution is 5.00. The van der Waals surface area contributed by atoms with Gasteiger partial charge in [-0.3, -0.25) is 0 Å². The normalized spacial score (nSPS) is 48.5. The minimum Gasteiger partial charge on any atom is -0.396 e. The van der Waals surface area contributed by atoms with Crippen molar-refractivity contribution in [1.29, 1.82) is 0 Å². The molecule has 3 heterocycles. The number of aliphatic hydroxyl groups excluding tert-OH is 2. The first-order valence-electron chi connectivity index (χ1n) is 7.86. The predicted octanol–water partition coefficient (Wildman–Crippen LogP) is 1.00. The van der Waals surface area contributed by atoms with Gasteiger partial charge in [-0.05, 0) is 32.6 Å². The molecule has 3 rings (SSSR count). The second kappa shape index (κ2) is 5.89. The molecule has 6 atom stereocenters. The minimum absolute atomic E-state index is 0.00134. The number of rotatable bonds is 3. The Labute approximate surface area is 120 Å². The predicted molar refractivity (Wildman–Crippen MR) is 72.5 cm³/mol. The maximum absolute atomic E-state index is 10.2. The smallest absolute Gasteiger partial charge is 0.0940 e. The van der Waals surface area contributed by atoms with Gasteiger partial charge in [0.1, 0.15) is 0 Å². The molecule has 3 aliphatic heterocycles. The van der Waals surface area contributed by atoms with Crippen LogP contribution in [-0.2, 0) is 14.2 Å². The number of aliphatic hydroxyl groups is 2. The quantitative estimate of drug-likeness (QED) is 0.810. The van der Waals surface area contributed by atoms with E-state index >= 15 is 0 Å². The summed E-state index contributed by atoms with van der Waals surface area (Å²) >= 11 is 0. The average molecular weight is 286 g/mol. The van der Waals surface area contributed by atoms with Gasteiger partial charge in [0.25, 0.3) is 0 Å². The molecule has 0 radical (unpaired) electrons. The third-order valence-corrected chi connectivity index (χ3v) is 4.98. The van der Waals surface area contributed by atoms with Gasteiger partial charge in [0, 0.05) is 26.1 Å². The van der Waals surface area contributed by atoms with Crippen molar-refractivity contribution in [1.82, 2.24) is 0 Å². The number of ether oxygens (including phenoxy) is 3. The first-order chi connectivity index (χ1) is 9.62. The fourth-order valence-electron chi connectivity index (χ4n) is 3.81. The molecule has 0 saturated carbocycles. The minimum atomic E-state index is -0.489. The Morgan fingerprint density at radius 3 is 2.90 bits per heavy atom. The Bertz CT molecular complexity index is 336. The van der Waals surface area contributed by atoms with Crippen molar-refractivity contribution < 1.29 is 24.4 Å². The lowest BCUT2D eigenvalue weighted by atomic mass is 9.80. The zero-order chi connectivity index (χ0) is 14.2. The van der Waals surface area contributed by atoms with Crippen LogP contribution in [0, 0.1) is 0 Å². The molecule has 0 aromatic rings. The summed E-state index contributed by atoms with van der Waals surface area (Å²) in [4.78, 5) is 0. The van der Waals surface area contributed by atoms with E-state index in [9.17, 15) is 5.11 Å². The molecule has 0 spiro atoms. The van der Waals surface area contributed by atoms with Crippen molar-refractivity contribution in [2.75, 3.05) is 13.2 Å². The van der Waals surface area contributed by atoms with Crippen LogP contribution < -0.4 is 0 Å². The Morgan fingerprint density at radius 1 is 1.25 bits per heavy atom. The van der Waals surface area contributed by atoms with E-state index in [2.05, 4.69) is 6.92 Å². The number of hydrogen-bond acceptors (Lipinski definition) is 5. The third-order valence-electron chi connectivity index (χ3n) is 4.98. The van der Waals surface area contributed by atoms with Gasteiger partial charge in [0.15, 0.2) is 0 Å². The van der Waals surface area contributed by atoms with Crippen molar-refractivity contribution in [3.05, 3.63) is 0 Å². The highest BCUT2D eigenvalue weighted by Crippen LogP contribution is 2.42. The van der Waals surface area contributed by atoms with E-state index in [0.717, 1.165) is 25.9 Å². The SMILES string of the molecule is C[C@]12C[C@H]3O[C@@H](CCCO)[C@H](O)C[C@@H]3O[C@@H]1CCCO2. The zero-order valence-electron chi connectivity index (χ0n) is 12.2. The Hall–Kier alpha value is -0.200. The van der Waals surface area contributed by atoms with Crippen molar-refractivity contribution in [2.45, 2.75) is 81.6 Å². The highest BCUT2D eigenvalue weighted by atomic mass is 16.6. The maximum Gasteiger partial charge on any atom is 0.0940 e. The van der Waals surface area contributed by atoms with Crippen molar-refractivity contribution >= 4 is 0 Å². The van der Waals surface area contributed by atoms with Gasteiger partial charge in [0.05, 0.1) is 36.1 Å². The third kappa shape index (κ3) is 2.74. The molecule has 0 bridgehead atoms. The molecule has 0 aromatic carbocycles. The van der Waals surface area contributed by atoms with Crippen LogP contribution in [0.2, 0.25) is 0 Å². The standard InChI is InChI=1S/C15H26O5/c1-15-9-13-12(20-14(15)5-3-7-18-15)8-10(17)11(19-13)4-2-6-16/h10-14,16-17H,2-9H2,1H3/t10-,11+,12+,13-,14-,15+/m1/s1. The topological polar surface area (TPSA) is 68.2 Å². The molecule has 116 valence electrons. The Balaban J connectivity index is 1.66. The van der Waals surface area contributed by atoms with E-state index in [4.69, 9.17) is 19.3 Å². The zero-order valence-corrected chi connectivity index (χ0v) is 12.2. The van der Waals surface area contributed by atoms with E-state index in [1.165, 1.54) is 0 Å². The molecule has 3 fully saturated rings. The van der Waals surface area contributed by atoms with E-state index in [-0.39, 0.29) is 36.6 Å². The molecule has 0 aromatic heterocycles. The fourth-order valence-corrected chi connectivity index (χ4v) is 3.81. The monoisotopic (exact) mass is 286 g/mol. The van der Waals surface area contributed by atoms with Gasteiger partial charge in [0.2, 0.25) is 0 Å². The van der Waals surface area contributed by atoms with Crippen LogP contribution in [0.25, 0.3) is 0 Å². The average Bonchev–Trinajstić information content (AvgIpc) is 2.43. The van der Waals surface area contributed by atoms with Crippen LogP contribution in [0.3, 0.4) is 0 Å². The van der Waals surface area contributed by atoms with Gasteiger partial charge in [-0.25, -0.2) is 0 Å². The summed E-state index contributed by atoms with van der Waals surface area (Å²) in [5.41, 5.74) is -0.247. The van der Waals surface area contributed by atoms with Gasteiger partial charge in [-0.1, -0.05) is 0 Å². The second-order valence-electron chi connectivity index (χ2n) is 6.55. The van der Waals surface area contributed by atoms with Crippen LogP contribution >= 0.6 is 0 Å². The lowest BCUT2D eigenvalue weighted by Gasteiger charge is -2.53. The Kier molecular flexibility index (Phi) is 4.34. The van der Waals surface area contributed by atoms with Gasteiger partial charge in [-0.2, -0.15) is 0 Å². The molecule has 2 N–H and O–H groups in total. The largest absolute Gasteiger partial charge is 0.396 e. The summed E-state index contributed by atoms with van der Waals surface area (Å²) in [6.07, 6.45) is 4.34. The van der Waals surface area contributed by atoms with Gasteiger partial charge < -0.3 is 24.4 Å². The van der Waals surface area contributed by atoms with Gasteiger partial charge >= 0.3 is 0 Å². The lowest BCUT2D eigenvalue weighted by molar-refractivity contribution is -0.288. The van der Waals surface area contributed by atoms with E-state index in [1.54, 1.807) is 0 Å². The first-order valence-corrected chi connectivity index (χ1v) is 7.86. The maximum atomic E-state index is 10.2. The van der Waals surface area contributed by atoms with Crippen LogP contribution in [0.1, 0.15) is 45.4 Å². The molecule has 5 nitrogen and oxygen atoms in total. The lowest BCUT2D eigenvalue weighted by Crippen LogP contribution is -2.61. The van der Waals surface area contributed by atoms with Gasteiger partial charge in [-0.15, -0.1) is 0 Å². The number of fused-ring (bicyclic) bond motifs is 2. The first kappa shape index (κ1) is 14.7. The summed E-state index contributed by atoms with van der Waals surface area (Å²) in [5.74, 6) is 0. The summed E-state index contributed by atoms with van der Waals surface area (Å²) in [6.45, 7) is 3.05. The molecule has 20 heavy (non-hydrogen) atoms. The van der Waals surface area contributed by atoms with Crippen molar-refractivity contribution in [3.8, 4) is 0 Å². The van der Waals surface area contributed by atoms with Crippen LogP contribution in [-0.4, -0.2) is 59.5 Å². The van der Waals surface area contributed by atoms with Crippen LogP contribution in [0.4, 0.5) is 0 Å². The van der Waals surface area contributed by atoms with Crippen molar-refractivity contribution in [3.63, 3.8) is 0 Å². The molecular formula is C15H26O5. The summed E-state index contributed by atoms with van der Waals surface area (Å²) in [5, 5.41) is 19.1. The number of hydrogen-bond donors (Lipinski definition) is 2. The van der Waals surface area contributed by atoms with Crippen molar-refractivity contribution in [2.24, 2.45) is 0 Å². The molecule has 0 amide bonds. The fraction of sp³-hybridized carbons (Fsp3) is 1.00. The highest BCUT2D eigenvalue weighted by Gasteiger charge is 2.51.